The summed E-state index contributed by atoms with van der Waals surface area (Å²) in [7, 11) is -0.746. The molecule has 7 heteroatoms. The summed E-state index contributed by atoms with van der Waals surface area (Å²) in [4.78, 5) is 0.110. The summed E-state index contributed by atoms with van der Waals surface area (Å²) >= 11 is 9.38. The van der Waals surface area contributed by atoms with Gasteiger partial charge in [-0.2, -0.15) is 4.31 Å². The van der Waals surface area contributed by atoms with Gasteiger partial charge in [-0.15, -0.1) is 0 Å². The van der Waals surface area contributed by atoms with Gasteiger partial charge in [0, 0.05) is 23.1 Å². The van der Waals surface area contributed by atoms with Gasteiger partial charge in [0.05, 0.1) is 7.11 Å². The van der Waals surface area contributed by atoms with E-state index < -0.39 is 10.0 Å². The third-order valence-electron chi connectivity index (χ3n) is 3.16. The second kappa shape index (κ2) is 7.00. The highest BCUT2D eigenvalue weighted by atomic mass is 79.9. The van der Waals surface area contributed by atoms with Gasteiger partial charge in [0.15, 0.2) is 0 Å². The van der Waals surface area contributed by atoms with Crippen LogP contribution in [0.3, 0.4) is 0 Å². The lowest BCUT2D eigenvalue weighted by Gasteiger charge is -2.19. The minimum absolute atomic E-state index is 0.110. The van der Waals surface area contributed by atoms with Crippen LogP contribution in [0.4, 0.5) is 0 Å². The zero-order chi connectivity index (χ0) is 16.3. The van der Waals surface area contributed by atoms with Crippen LogP contribution >= 0.6 is 27.5 Å². The average Bonchev–Trinajstić information content (AvgIpc) is 2.49. The van der Waals surface area contributed by atoms with Gasteiger partial charge < -0.3 is 4.74 Å². The molecule has 0 aromatic heterocycles. The summed E-state index contributed by atoms with van der Waals surface area (Å²) in [5, 5.41) is 0.533. The Kier molecular flexibility index (Phi) is 5.50. The number of hydrogen-bond donors (Lipinski definition) is 0. The Morgan fingerprint density at radius 2 is 1.91 bits per heavy atom. The lowest BCUT2D eigenvalue weighted by molar-refractivity contribution is 0.397. The SMILES string of the molecule is COc1ccc(Br)cc1S(=O)(=O)N(C)Cc1ccccc1Cl. The number of ether oxygens (including phenoxy) is 1. The van der Waals surface area contributed by atoms with Gasteiger partial charge in [0.25, 0.3) is 0 Å². The third kappa shape index (κ3) is 3.63. The van der Waals surface area contributed by atoms with Crippen LogP contribution in [-0.4, -0.2) is 26.9 Å². The molecule has 0 aliphatic heterocycles. The largest absolute Gasteiger partial charge is 0.495 e. The quantitative estimate of drug-likeness (QED) is 0.758. The summed E-state index contributed by atoms with van der Waals surface area (Å²) in [6.45, 7) is 0.178. The van der Waals surface area contributed by atoms with Crippen LogP contribution in [0.2, 0.25) is 5.02 Å². The van der Waals surface area contributed by atoms with Crippen LogP contribution in [0.15, 0.2) is 51.8 Å². The molecule has 0 heterocycles. The highest BCUT2D eigenvalue weighted by Gasteiger charge is 2.25. The predicted octanol–water partition coefficient (Wildman–Crippen LogP) is 3.93. The zero-order valence-electron chi connectivity index (χ0n) is 12.1. The third-order valence-corrected chi connectivity index (χ3v) is 5.85. The highest BCUT2D eigenvalue weighted by Crippen LogP contribution is 2.30. The molecule has 0 aliphatic carbocycles. The van der Waals surface area contributed by atoms with Gasteiger partial charge in [-0.25, -0.2) is 8.42 Å². The fraction of sp³-hybridized carbons (Fsp3) is 0.200. The van der Waals surface area contributed by atoms with Crippen molar-refractivity contribution in [2.24, 2.45) is 0 Å². The highest BCUT2D eigenvalue weighted by molar-refractivity contribution is 9.10. The Bertz CT molecular complexity index is 780. The van der Waals surface area contributed by atoms with E-state index in [0.29, 0.717) is 15.2 Å². The molecule has 0 atom stereocenters. The second-order valence-electron chi connectivity index (χ2n) is 4.65. The number of methoxy groups -OCH3 is 1. The molecule has 2 rings (SSSR count). The van der Waals surface area contributed by atoms with E-state index in [4.69, 9.17) is 16.3 Å². The summed E-state index contributed by atoms with van der Waals surface area (Å²) in [6, 6.07) is 12.0. The standard InChI is InChI=1S/C15H15BrClNO3S/c1-18(10-11-5-3-4-6-13(11)17)22(19,20)15-9-12(16)7-8-14(15)21-2/h3-9H,10H2,1-2H3. The van der Waals surface area contributed by atoms with Crippen molar-refractivity contribution in [3.63, 3.8) is 0 Å². The lowest BCUT2D eigenvalue weighted by atomic mass is 10.2. The maximum atomic E-state index is 12.8. The summed E-state index contributed by atoms with van der Waals surface area (Å²) in [5.74, 6) is 0.300. The van der Waals surface area contributed by atoms with E-state index in [1.165, 1.54) is 24.5 Å². The minimum Gasteiger partial charge on any atom is -0.495 e. The van der Waals surface area contributed by atoms with Gasteiger partial charge in [0.1, 0.15) is 10.6 Å². The van der Waals surface area contributed by atoms with Crippen LogP contribution in [0.1, 0.15) is 5.56 Å². The van der Waals surface area contributed by atoms with Crippen LogP contribution in [-0.2, 0) is 16.6 Å². The minimum atomic E-state index is -3.70. The average molecular weight is 405 g/mol. The first-order chi connectivity index (χ1) is 10.4. The second-order valence-corrected chi connectivity index (χ2v) is 7.98. The molecule has 0 fully saturated rings. The van der Waals surface area contributed by atoms with E-state index in [2.05, 4.69) is 15.9 Å². The molecular weight excluding hydrogens is 390 g/mol. The molecule has 0 saturated heterocycles. The maximum Gasteiger partial charge on any atom is 0.246 e. The van der Waals surface area contributed by atoms with Crippen molar-refractivity contribution in [2.75, 3.05) is 14.2 Å². The summed E-state index contributed by atoms with van der Waals surface area (Å²) in [5.41, 5.74) is 0.740. The summed E-state index contributed by atoms with van der Waals surface area (Å²) in [6.07, 6.45) is 0. The van der Waals surface area contributed by atoms with Crippen molar-refractivity contribution in [3.8, 4) is 5.75 Å². The van der Waals surface area contributed by atoms with Crippen molar-refractivity contribution in [3.05, 3.63) is 57.5 Å². The molecule has 4 nitrogen and oxygen atoms in total. The van der Waals surface area contributed by atoms with Gasteiger partial charge >= 0.3 is 0 Å². The van der Waals surface area contributed by atoms with E-state index in [1.54, 1.807) is 30.3 Å². The van der Waals surface area contributed by atoms with Crippen molar-refractivity contribution in [1.29, 1.82) is 0 Å². The number of rotatable bonds is 5. The Balaban J connectivity index is 2.38. The van der Waals surface area contributed by atoms with Crippen LogP contribution in [0, 0.1) is 0 Å². The molecule has 2 aromatic carbocycles. The monoisotopic (exact) mass is 403 g/mol. The van der Waals surface area contributed by atoms with Gasteiger partial charge in [-0.1, -0.05) is 45.7 Å². The number of hydrogen-bond acceptors (Lipinski definition) is 3. The van der Waals surface area contributed by atoms with Gasteiger partial charge in [-0.3, -0.25) is 0 Å². The molecule has 2 aromatic rings. The maximum absolute atomic E-state index is 12.8. The smallest absolute Gasteiger partial charge is 0.246 e. The molecule has 22 heavy (non-hydrogen) atoms. The molecule has 0 N–H and O–H groups in total. The molecule has 0 aliphatic rings. The molecule has 0 saturated carbocycles. The predicted molar refractivity (Wildman–Crippen MR) is 90.8 cm³/mol. The number of halogens is 2. The zero-order valence-corrected chi connectivity index (χ0v) is 15.2. The first-order valence-electron chi connectivity index (χ1n) is 6.39. The first-order valence-corrected chi connectivity index (χ1v) is 9.00. The molecular formula is C15H15BrClNO3S. The molecule has 0 bridgehead atoms. The van der Waals surface area contributed by atoms with Crippen molar-refractivity contribution >= 4 is 37.6 Å². The Hall–Kier alpha value is -1.08. The van der Waals surface area contributed by atoms with Gasteiger partial charge in [0.2, 0.25) is 10.0 Å². The van der Waals surface area contributed by atoms with E-state index in [9.17, 15) is 8.42 Å². The Morgan fingerprint density at radius 1 is 1.23 bits per heavy atom. The number of nitrogens with zero attached hydrogens (tertiary/aromatic N) is 1. The molecule has 0 amide bonds. The Labute approximate surface area is 143 Å². The fourth-order valence-electron chi connectivity index (χ4n) is 1.97. The van der Waals surface area contributed by atoms with Gasteiger partial charge in [-0.05, 0) is 29.8 Å². The number of sulfonamides is 1. The summed E-state index contributed by atoms with van der Waals surface area (Å²) < 4.78 is 32.6. The number of benzene rings is 2. The van der Waals surface area contributed by atoms with Crippen molar-refractivity contribution in [2.45, 2.75) is 11.4 Å². The van der Waals surface area contributed by atoms with E-state index in [1.807, 2.05) is 6.07 Å². The molecule has 0 unspecified atom stereocenters. The normalized spacial score (nSPS) is 11.7. The van der Waals surface area contributed by atoms with Crippen LogP contribution in [0.25, 0.3) is 0 Å². The van der Waals surface area contributed by atoms with Crippen molar-refractivity contribution in [1.82, 2.24) is 4.31 Å². The van der Waals surface area contributed by atoms with E-state index in [-0.39, 0.29) is 11.4 Å². The first kappa shape index (κ1) is 17.3. The molecule has 0 radical (unpaired) electrons. The molecule has 0 spiro atoms. The lowest BCUT2D eigenvalue weighted by Crippen LogP contribution is -2.27. The topological polar surface area (TPSA) is 46.6 Å². The van der Waals surface area contributed by atoms with Crippen LogP contribution in [0.5, 0.6) is 5.75 Å². The van der Waals surface area contributed by atoms with Crippen LogP contribution < -0.4 is 4.74 Å². The Morgan fingerprint density at radius 3 is 2.55 bits per heavy atom. The molecule has 118 valence electrons. The van der Waals surface area contributed by atoms with E-state index in [0.717, 1.165) is 5.56 Å². The van der Waals surface area contributed by atoms with E-state index >= 15 is 0 Å². The van der Waals surface area contributed by atoms with Crippen molar-refractivity contribution < 1.29 is 13.2 Å². The fourth-order valence-corrected chi connectivity index (χ4v) is 4.01.